The molecule has 0 aliphatic heterocycles. The molecule has 0 atom stereocenters. The maximum absolute atomic E-state index is 10.6. The molecule has 80 valence electrons. The third-order valence-corrected chi connectivity index (χ3v) is 3.10. The van der Waals surface area contributed by atoms with Gasteiger partial charge in [0.2, 0.25) is 0 Å². The molecule has 2 fully saturated rings. The van der Waals surface area contributed by atoms with Gasteiger partial charge in [0.15, 0.2) is 0 Å². The van der Waals surface area contributed by atoms with E-state index in [0.29, 0.717) is 11.8 Å². The number of carbonyl (C=O) groups is 1. The number of rotatable bonds is 4. The topological polar surface area (TPSA) is 57.9 Å². The van der Waals surface area contributed by atoms with Crippen molar-refractivity contribution in [3.8, 4) is 0 Å². The van der Waals surface area contributed by atoms with Crippen LogP contribution in [-0.2, 0) is 11.3 Å². The molecule has 1 aromatic rings. The van der Waals surface area contributed by atoms with Crippen molar-refractivity contribution in [2.24, 2.45) is 0 Å². The van der Waals surface area contributed by atoms with E-state index in [0.717, 1.165) is 11.4 Å². The zero-order valence-corrected chi connectivity index (χ0v) is 9.48. The second-order valence-corrected chi connectivity index (χ2v) is 4.57. The van der Waals surface area contributed by atoms with Gasteiger partial charge in [0, 0.05) is 17.5 Å². The normalized spacial score (nSPS) is 19.2. The standard InChI is InChI=1S/C11H14N2O2.Li/c14-11(15)6-13-10(8-3-4-8)5-9(12-13)7-1-2-7;/h5,7-8H,1-4,6H2,(H,14,15);/q;+1/p-1. The summed E-state index contributed by atoms with van der Waals surface area (Å²) in [6.45, 7) is -0.0987. The Balaban J connectivity index is 0.000000963. The molecule has 0 unspecified atom stereocenters. The Morgan fingerprint density at radius 2 is 2.00 bits per heavy atom. The van der Waals surface area contributed by atoms with Gasteiger partial charge in [-0.25, -0.2) is 0 Å². The summed E-state index contributed by atoms with van der Waals surface area (Å²) in [4.78, 5) is 10.6. The fourth-order valence-electron chi connectivity index (χ4n) is 1.99. The van der Waals surface area contributed by atoms with Crippen molar-refractivity contribution < 1.29 is 28.8 Å². The Bertz CT molecular complexity index is 408. The monoisotopic (exact) mass is 212 g/mol. The van der Waals surface area contributed by atoms with Crippen LogP contribution < -0.4 is 24.0 Å². The predicted octanol–water partition coefficient (Wildman–Crippen LogP) is -2.61. The van der Waals surface area contributed by atoms with Crippen molar-refractivity contribution in [1.29, 1.82) is 0 Å². The molecular weight excluding hydrogens is 199 g/mol. The van der Waals surface area contributed by atoms with E-state index < -0.39 is 5.97 Å². The number of aromatic nitrogens is 2. The minimum absolute atomic E-state index is 0. The Hall–Kier alpha value is -0.723. The van der Waals surface area contributed by atoms with Crippen molar-refractivity contribution in [2.45, 2.75) is 44.1 Å². The van der Waals surface area contributed by atoms with Crippen molar-refractivity contribution in [2.75, 3.05) is 0 Å². The number of carboxylic acid groups (broad SMARTS) is 1. The molecule has 1 heterocycles. The van der Waals surface area contributed by atoms with E-state index in [1.807, 2.05) is 0 Å². The molecule has 16 heavy (non-hydrogen) atoms. The third kappa shape index (κ3) is 2.33. The van der Waals surface area contributed by atoms with Crippen LogP contribution in [0.3, 0.4) is 0 Å². The summed E-state index contributed by atoms with van der Waals surface area (Å²) in [5.41, 5.74) is 2.18. The van der Waals surface area contributed by atoms with E-state index in [1.165, 1.54) is 25.7 Å². The number of hydrogen-bond donors (Lipinski definition) is 0. The van der Waals surface area contributed by atoms with Crippen LogP contribution in [0.5, 0.6) is 0 Å². The molecule has 2 saturated carbocycles. The third-order valence-electron chi connectivity index (χ3n) is 3.10. The van der Waals surface area contributed by atoms with E-state index in [9.17, 15) is 9.90 Å². The van der Waals surface area contributed by atoms with Gasteiger partial charge >= 0.3 is 18.9 Å². The number of nitrogens with zero attached hydrogens (tertiary/aromatic N) is 2. The van der Waals surface area contributed by atoms with E-state index in [-0.39, 0.29) is 25.4 Å². The molecule has 0 bridgehead atoms. The van der Waals surface area contributed by atoms with Crippen LogP contribution in [0.15, 0.2) is 6.07 Å². The van der Waals surface area contributed by atoms with Crippen molar-refractivity contribution in [1.82, 2.24) is 9.78 Å². The van der Waals surface area contributed by atoms with Gasteiger partial charge in [-0.15, -0.1) is 0 Å². The van der Waals surface area contributed by atoms with E-state index in [4.69, 9.17) is 0 Å². The van der Waals surface area contributed by atoms with Gasteiger partial charge in [0.05, 0.1) is 18.2 Å². The summed E-state index contributed by atoms with van der Waals surface area (Å²) in [6.07, 6.45) is 4.74. The molecule has 0 saturated heterocycles. The van der Waals surface area contributed by atoms with Crippen LogP contribution in [-0.4, -0.2) is 15.7 Å². The molecule has 2 aliphatic carbocycles. The summed E-state index contributed by atoms with van der Waals surface area (Å²) in [6, 6.07) is 2.10. The van der Waals surface area contributed by atoms with Gasteiger partial charge in [-0.2, -0.15) is 5.10 Å². The minimum Gasteiger partial charge on any atom is -0.548 e. The average molecular weight is 212 g/mol. The van der Waals surface area contributed by atoms with Gasteiger partial charge in [-0.3, -0.25) is 4.68 Å². The van der Waals surface area contributed by atoms with Crippen LogP contribution in [0.25, 0.3) is 0 Å². The maximum Gasteiger partial charge on any atom is 1.00 e. The summed E-state index contributed by atoms with van der Waals surface area (Å²) < 4.78 is 1.63. The molecule has 2 aliphatic rings. The summed E-state index contributed by atoms with van der Waals surface area (Å²) >= 11 is 0. The second kappa shape index (κ2) is 4.27. The summed E-state index contributed by atoms with van der Waals surface area (Å²) in [7, 11) is 0. The van der Waals surface area contributed by atoms with Crippen LogP contribution in [0.1, 0.15) is 48.9 Å². The number of carboxylic acids is 1. The molecule has 0 aromatic carbocycles. The maximum atomic E-state index is 10.6. The van der Waals surface area contributed by atoms with Crippen molar-refractivity contribution >= 4 is 5.97 Å². The fraction of sp³-hybridized carbons (Fsp3) is 0.636. The quantitative estimate of drug-likeness (QED) is 0.514. The van der Waals surface area contributed by atoms with Crippen molar-refractivity contribution in [3.05, 3.63) is 17.5 Å². The van der Waals surface area contributed by atoms with Gasteiger partial charge < -0.3 is 9.90 Å². The fourth-order valence-corrected chi connectivity index (χ4v) is 1.99. The summed E-state index contributed by atoms with van der Waals surface area (Å²) in [5, 5.41) is 15.0. The predicted molar refractivity (Wildman–Crippen MR) is 51.2 cm³/mol. The molecule has 5 heteroatoms. The van der Waals surface area contributed by atoms with Gasteiger partial charge in [0.25, 0.3) is 0 Å². The van der Waals surface area contributed by atoms with E-state index in [2.05, 4.69) is 11.2 Å². The van der Waals surface area contributed by atoms with Crippen molar-refractivity contribution in [3.63, 3.8) is 0 Å². The minimum atomic E-state index is -1.05. The Kier molecular flexibility index (Phi) is 3.14. The zero-order chi connectivity index (χ0) is 10.4. The van der Waals surface area contributed by atoms with Gasteiger partial charge in [-0.05, 0) is 31.7 Å². The van der Waals surface area contributed by atoms with Gasteiger partial charge in [0.1, 0.15) is 0 Å². The van der Waals surface area contributed by atoms with E-state index >= 15 is 0 Å². The number of carbonyl (C=O) groups excluding carboxylic acids is 1. The molecule has 1 aromatic heterocycles. The van der Waals surface area contributed by atoms with Crippen LogP contribution in [0.2, 0.25) is 0 Å². The first kappa shape index (κ1) is 11.8. The first-order valence-electron chi connectivity index (χ1n) is 5.51. The molecule has 4 nitrogen and oxygen atoms in total. The molecule has 0 N–H and O–H groups in total. The Morgan fingerprint density at radius 3 is 2.50 bits per heavy atom. The molecule has 0 radical (unpaired) electrons. The van der Waals surface area contributed by atoms with Gasteiger partial charge in [-0.1, -0.05) is 0 Å². The number of hydrogen-bond acceptors (Lipinski definition) is 3. The summed E-state index contributed by atoms with van der Waals surface area (Å²) in [5.74, 6) is 0.0807. The second-order valence-electron chi connectivity index (χ2n) is 4.57. The van der Waals surface area contributed by atoms with Crippen LogP contribution >= 0.6 is 0 Å². The first-order chi connectivity index (χ1) is 7.24. The first-order valence-corrected chi connectivity index (χ1v) is 5.51. The Morgan fingerprint density at radius 1 is 1.38 bits per heavy atom. The van der Waals surface area contributed by atoms with E-state index in [1.54, 1.807) is 4.68 Å². The molecular formula is C11H13LiN2O2. The zero-order valence-electron chi connectivity index (χ0n) is 9.48. The molecule has 0 spiro atoms. The Labute approximate surface area is 106 Å². The molecule has 3 rings (SSSR count). The average Bonchev–Trinajstić information content (AvgIpc) is 3.06. The van der Waals surface area contributed by atoms with Crippen LogP contribution in [0.4, 0.5) is 0 Å². The number of aliphatic carboxylic acids is 1. The molecule has 0 amide bonds. The van der Waals surface area contributed by atoms with Crippen LogP contribution in [0, 0.1) is 0 Å². The largest absolute Gasteiger partial charge is 1.00 e. The smallest absolute Gasteiger partial charge is 0.548 e. The SMILES string of the molecule is O=C([O-])Cn1nc(C2CC2)cc1C1CC1.[Li+].